The smallest absolute Gasteiger partial charge is 0.103 e. The Balaban J connectivity index is 2.14. The molecule has 2 rings (SSSR count). The van der Waals surface area contributed by atoms with E-state index in [4.69, 9.17) is 22.7 Å². The molecular weight excluding hydrogens is 268 g/mol. The minimum absolute atomic E-state index is 0.414. The van der Waals surface area contributed by atoms with Crippen molar-refractivity contribution in [3.8, 4) is 0 Å². The van der Waals surface area contributed by atoms with Crippen LogP contribution in [0.4, 0.5) is 11.4 Å². The zero-order valence-electron chi connectivity index (χ0n) is 11.4. The zero-order chi connectivity index (χ0) is 14.4. The van der Waals surface area contributed by atoms with Crippen LogP contribution in [0.3, 0.4) is 0 Å². The molecule has 2 aromatic carbocycles. The molecule has 0 aliphatic rings. The molecular formula is C16H18N2OS. The maximum absolute atomic E-state index is 5.59. The normalized spacial score (nSPS) is 10.2. The summed E-state index contributed by atoms with van der Waals surface area (Å²) < 4.78 is 5.14. The molecule has 4 heteroatoms. The summed E-state index contributed by atoms with van der Waals surface area (Å²) in [6.45, 7) is 0.707. The van der Waals surface area contributed by atoms with Crippen LogP contribution in [0.1, 0.15) is 11.1 Å². The summed E-state index contributed by atoms with van der Waals surface area (Å²) in [5.74, 6) is 0. The summed E-state index contributed by atoms with van der Waals surface area (Å²) in [5.41, 5.74) is 9.79. The molecule has 0 radical (unpaired) electrons. The Morgan fingerprint density at radius 3 is 2.50 bits per heavy atom. The van der Waals surface area contributed by atoms with Gasteiger partial charge in [0, 0.05) is 24.0 Å². The lowest BCUT2D eigenvalue weighted by atomic mass is 10.1. The second-order valence-corrected chi connectivity index (χ2v) is 4.91. The van der Waals surface area contributed by atoms with Crippen LogP contribution < -0.4 is 11.1 Å². The number of hydrogen-bond acceptors (Lipinski definition) is 3. The highest BCUT2D eigenvalue weighted by Gasteiger charge is 2.02. The van der Waals surface area contributed by atoms with Crippen LogP contribution in [0.2, 0.25) is 0 Å². The third-order valence-corrected chi connectivity index (χ3v) is 3.28. The summed E-state index contributed by atoms with van der Waals surface area (Å²) in [5, 5.41) is 3.41. The molecule has 0 saturated heterocycles. The summed E-state index contributed by atoms with van der Waals surface area (Å²) in [7, 11) is 1.71. The molecule has 3 nitrogen and oxygen atoms in total. The van der Waals surface area contributed by atoms with Crippen molar-refractivity contribution < 1.29 is 4.74 Å². The van der Waals surface area contributed by atoms with Gasteiger partial charge in [-0.05, 0) is 42.3 Å². The summed E-state index contributed by atoms with van der Waals surface area (Å²) >= 11 is 4.95. The molecule has 104 valence electrons. The second-order valence-electron chi connectivity index (χ2n) is 4.47. The topological polar surface area (TPSA) is 47.3 Å². The van der Waals surface area contributed by atoms with Crippen molar-refractivity contribution in [2.45, 2.75) is 6.42 Å². The van der Waals surface area contributed by atoms with Crippen LogP contribution in [0.25, 0.3) is 0 Å². The first-order chi connectivity index (χ1) is 9.70. The number of thiocarbonyl (C=S) groups is 1. The molecule has 0 fully saturated rings. The maximum atomic E-state index is 5.59. The van der Waals surface area contributed by atoms with Crippen LogP contribution in [0, 0.1) is 0 Å². The Bertz CT molecular complexity index is 581. The molecule has 0 aliphatic heterocycles. The van der Waals surface area contributed by atoms with E-state index >= 15 is 0 Å². The first-order valence-corrected chi connectivity index (χ1v) is 6.85. The number of benzene rings is 2. The SMILES string of the molecule is COCCc1ccccc1Nc1ccc(C(N)=S)cc1. The van der Waals surface area contributed by atoms with Gasteiger partial charge in [-0.1, -0.05) is 30.4 Å². The van der Waals surface area contributed by atoms with E-state index in [0.29, 0.717) is 11.6 Å². The molecule has 0 atom stereocenters. The van der Waals surface area contributed by atoms with Gasteiger partial charge in [-0.25, -0.2) is 0 Å². The van der Waals surface area contributed by atoms with Gasteiger partial charge in [-0.15, -0.1) is 0 Å². The van der Waals surface area contributed by atoms with Crippen molar-refractivity contribution in [3.63, 3.8) is 0 Å². The van der Waals surface area contributed by atoms with E-state index in [-0.39, 0.29) is 0 Å². The van der Waals surface area contributed by atoms with E-state index < -0.39 is 0 Å². The average molecular weight is 286 g/mol. The van der Waals surface area contributed by atoms with E-state index in [1.54, 1.807) is 7.11 Å². The van der Waals surface area contributed by atoms with Crippen molar-refractivity contribution in [2.24, 2.45) is 5.73 Å². The fraction of sp³-hybridized carbons (Fsp3) is 0.188. The highest BCUT2D eigenvalue weighted by atomic mass is 32.1. The van der Waals surface area contributed by atoms with Crippen molar-refractivity contribution in [1.29, 1.82) is 0 Å². The number of nitrogens with one attached hydrogen (secondary N) is 1. The summed E-state index contributed by atoms with van der Waals surface area (Å²) in [6.07, 6.45) is 0.880. The van der Waals surface area contributed by atoms with E-state index in [1.165, 1.54) is 5.56 Å². The quantitative estimate of drug-likeness (QED) is 0.800. The van der Waals surface area contributed by atoms with Gasteiger partial charge in [0.2, 0.25) is 0 Å². The van der Waals surface area contributed by atoms with Gasteiger partial charge in [0.15, 0.2) is 0 Å². The lowest BCUT2D eigenvalue weighted by Crippen LogP contribution is -2.08. The maximum Gasteiger partial charge on any atom is 0.103 e. The first-order valence-electron chi connectivity index (χ1n) is 6.44. The highest BCUT2D eigenvalue weighted by molar-refractivity contribution is 7.80. The van der Waals surface area contributed by atoms with Gasteiger partial charge >= 0.3 is 0 Å². The van der Waals surface area contributed by atoms with E-state index in [0.717, 1.165) is 23.4 Å². The molecule has 0 aliphatic carbocycles. The minimum Gasteiger partial charge on any atom is -0.389 e. The minimum atomic E-state index is 0.414. The fourth-order valence-electron chi connectivity index (χ4n) is 1.95. The van der Waals surface area contributed by atoms with Crippen LogP contribution in [-0.4, -0.2) is 18.7 Å². The number of anilines is 2. The monoisotopic (exact) mass is 286 g/mol. The van der Waals surface area contributed by atoms with Gasteiger partial charge in [0.05, 0.1) is 6.61 Å². The second kappa shape index (κ2) is 7.03. The van der Waals surface area contributed by atoms with Crippen LogP contribution >= 0.6 is 12.2 Å². The molecule has 20 heavy (non-hydrogen) atoms. The predicted molar refractivity (Wildman–Crippen MR) is 87.6 cm³/mol. The lowest BCUT2D eigenvalue weighted by Gasteiger charge is -2.12. The zero-order valence-corrected chi connectivity index (χ0v) is 12.2. The summed E-state index contributed by atoms with van der Waals surface area (Å²) in [4.78, 5) is 0.414. The van der Waals surface area contributed by atoms with Gasteiger partial charge in [-0.2, -0.15) is 0 Å². The fourth-order valence-corrected chi connectivity index (χ4v) is 2.08. The van der Waals surface area contributed by atoms with Gasteiger partial charge in [0.25, 0.3) is 0 Å². The predicted octanol–water partition coefficient (Wildman–Crippen LogP) is 3.25. The van der Waals surface area contributed by atoms with Gasteiger partial charge < -0.3 is 15.8 Å². The lowest BCUT2D eigenvalue weighted by molar-refractivity contribution is 0.202. The Morgan fingerprint density at radius 2 is 1.85 bits per heavy atom. The van der Waals surface area contributed by atoms with Crippen LogP contribution in [0.15, 0.2) is 48.5 Å². The number of para-hydroxylation sites is 1. The Labute approximate surface area is 124 Å². The molecule has 0 aromatic heterocycles. The standard InChI is InChI=1S/C16H18N2OS/c1-19-11-10-12-4-2-3-5-15(12)18-14-8-6-13(7-9-14)16(17)20/h2-9,18H,10-11H2,1H3,(H2,17,20). The molecule has 0 unspecified atom stereocenters. The molecule has 0 heterocycles. The molecule has 0 bridgehead atoms. The Kier molecular flexibility index (Phi) is 5.09. The molecule has 0 amide bonds. The third-order valence-electron chi connectivity index (χ3n) is 3.04. The highest BCUT2D eigenvalue weighted by Crippen LogP contribution is 2.21. The number of ether oxygens (including phenoxy) is 1. The van der Waals surface area contributed by atoms with E-state index in [1.807, 2.05) is 36.4 Å². The number of hydrogen-bond donors (Lipinski definition) is 2. The molecule has 3 N–H and O–H groups in total. The number of nitrogens with two attached hydrogens (primary N) is 1. The first kappa shape index (κ1) is 14.5. The summed E-state index contributed by atoms with van der Waals surface area (Å²) in [6, 6.07) is 16.0. The number of rotatable bonds is 6. The number of methoxy groups -OCH3 is 1. The third kappa shape index (κ3) is 3.79. The average Bonchev–Trinajstić information content (AvgIpc) is 2.47. The van der Waals surface area contributed by atoms with Crippen LogP contribution in [-0.2, 0) is 11.2 Å². The molecule has 2 aromatic rings. The Hall–Kier alpha value is -1.91. The Morgan fingerprint density at radius 1 is 1.15 bits per heavy atom. The van der Waals surface area contributed by atoms with Crippen molar-refractivity contribution in [2.75, 3.05) is 19.0 Å². The van der Waals surface area contributed by atoms with Crippen LogP contribution in [0.5, 0.6) is 0 Å². The van der Waals surface area contributed by atoms with E-state index in [9.17, 15) is 0 Å². The molecule has 0 saturated carbocycles. The van der Waals surface area contributed by atoms with E-state index in [2.05, 4.69) is 17.4 Å². The van der Waals surface area contributed by atoms with Gasteiger partial charge in [0.1, 0.15) is 4.99 Å². The van der Waals surface area contributed by atoms with Gasteiger partial charge in [-0.3, -0.25) is 0 Å². The molecule has 0 spiro atoms. The largest absolute Gasteiger partial charge is 0.389 e. The van der Waals surface area contributed by atoms with Crippen molar-refractivity contribution in [3.05, 3.63) is 59.7 Å². The van der Waals surface area contributed by atoms with Crippen molar-refractivity contribution in [1.82, 2.24) is 0 Å². The van der Waals surface area contributed by atoms with Crippen molar-refractivity contribution >= 4 is 28.6 Å².